The molecule has 1 heterocycles. The van der Waals surface area contributed by atoms with Crippen LogP contribution >= 0.6 is 15.9 Å². The van der Waals surface area contributed by atoms with Gasteiger partial charge in [0.25, 0.3) is 0 Å². The number of hydrogen-bond donors (Lipinski definition) is 1. The lowest BCUT2D eigenvalue weighted by molar-refractivity contribution is -0.136. The second-order valence-corrected chi connectivity index (χ2v) is 3.73. The van der Waals surface area contributed by atoms with Crippen LogP contribution in [-0.4, -0.2) is 21.8 Å². The highest BCUT2D eigenvalue weighted by Gasteiger charge is 2.27. The van der Waals surface area contributed by atoms with Crippen LogP contribution in [0.1, 0.15) is 16.8 Å². The van der Waals surface area contributed by atoms with Gasteiger partial charge in [0.1, 0.15) is 0 Å². The number of alkyl halides is 3. The zero-order chi connectivity index (χ0) is 11.6. The second kappa shape index (κ2) is 4.26. The van der Waals surface area contributed by atoms with E-state index in [0.717, 1.165) is 6.20 Å². The summed E-state index contributed by atoms with van der Waals surface area (Å²) in [6.45, 7) is -0.294. The van der Waals surface area contributed by atoms with Crippen molar-refractivity contribution >= 4 is 21.9 Å². The molecular weight excluding hydrogens is 279 g/mol. The summed E-state index contributed by atoms with van der Waals surface area (Å²) in [4.78, 5) is 10.5. The number of carboxylic acid groups (broad SMARTS) is 1. The highest BCUT2D eigenvalue weighted by molar-refractivity contribution is 9.10. The fourth-order valence-electron chi connectivity index (χ4n) is 1.01. The van der Waals surface area contributed by atoms with Crippen LogP contribution in [0.4, 0.5) is 13.2 Å². The minimum Gasteiger partial charge on any atom is -0.478 e. The zero-order valence-electron chi connectivity index (χ0n) is 7.38. The predicted octanol–water partition coefficient (Wildman–Crippen LogP) is 2.90. The molecule has 0 fully saturated rings. The van der Waals surface area contributed by atoms with Crippen LogP contribution in [-0.2, 0) is 6.54 Å². The molecule has 0 aliphatic heterocycles. The van der Waals surface area contributed by atoms with E-state index in [2.05, 4.69) is 15.9 Å². The van der Waals surface area contributed by atoms with E-state index in [1.165, 1.54) is 10.6 Å². The largest absolute Gasteiger partial charge is 0.478 e. The van der Waals surface area contributed by atoms with Crippen LogP contribution in [0.2, 0.25) is 0 Å². The van der Waals surface area contributed by atoms with Crippen LogP contribution in [0.3, 0.4) is 0 Å². The van der Waals surface area contributed by atoms with Gasteiger partial charge in [-0.15, -0.1) is 0 Å². The van der Waals surface area contributed by atoms with E-state index in [0.29, 0.717) is 4.60 Å². The predicted molar refractivity (Wildman–Crippen MR) is 49.8 cm³/mol. The molecule has 0 saturated carbocycles. The number of halogens is 4. The molecule has 1 N–H and O–H groups in total. The van der Waals surface area contributed by atoms with Gasteiger partial charge in [0, 0.05) is 12.7 Å². The molecule has 0 spiro atoms. The summed E-state index contributed by atoms with van der Waals surface area (Å²) in [5.74, 6) is -1.17. The van der Waals surface area contributed by atoms with Crippen molar-refractivity contribution in [3.8, 4) is 0 Å². The Bertz CT molecular complexity index is 372. The first-order chi connectivity index (χ1) is 6.79. The molecule has 3 nitrogen and oxygen atoms in total. The molecule has 0 unspecified atom stereocenters. The Morgan fingerprint density at radius 1 is 1.53 bits per heavy atom. The topological polar surface area (TPSA) is 42.2 Å². The summed E-state index contributed by atoms with van der Waals surface area (Å²) in [5, 5.41) is 8.59. The van der Waals surface area contributed by atoms with Gasteiger partial charge in [0.15, 0.2) is 0 Å². The van der Waals surface area contributed by atoms with Crippen molar-refractivity contribution in [3.63, 3.8) is 0 Å². The van der Waals surface area contributed by atoms with Gasteiger partial charge >= 0.3 is 12.1 Å². The summed E-state index contributed by atoms with van der Waals surface area (Å²) in [6, 6.07) is 1.26. The van der Waals surface area contributed by atoms with Crippen molar-refractivity contribution in [1.29, 1.82) is 0 Å². The lowest BCUT2D eigenvalue weighted by atomic mass is 10.3. The van der Waals surface area contributed by atoms with Crippen LogP contribution in [0, 0.1) is 0 Å². The molecule has 0 radical (unpaired) electrons. The van der Waals surface area contributed by atoms with Gasteiger partial charge in [0.2, 0.25) is 0 Å². The van der Waals surface area contributed by atoms with Crippen molar-refractivity contribution in [2.75, 3.05) is 0 Å². The lowest BCUT2D eigenvalue weighted by Gasteiger charge is -2.07. The number of rotatable bonds is 3. The number of hydrogen-bond acceptors (Lipinski definition) is 1. The van der Waals surface area contributed by atoms with Crippen molar-refractivity contribution < 1.29 is 23.1 Å². The lowest BCUT2D eigenvalue weighted by Crippen LogP contribution is -2.11. The monoisotopic (exact) mass is 285 g/mol. The number of carboxylic acids is 1. The summed E-state index contributed by atoms with van der Waals surface area (Å²) >= 11 is 2.99. The Morgan fingerprint density at radius 2 is 2.13 bits per heavy atom. The van der Waals surface area contributed by atoms with E-state index in [-0.39, 0.29) is 12.1 Å². The number of carbonyl (C=O) groups is 1. The Hall–Kier alpha value is -0.980. The summed E-state index contributed by atoms with van der Waals surface area (Å²) < 4.78 is 37.2. The van der Waals surface area contributed by atoms with Gasteiger partial charge in [-0.2, -0.15) is 13.2 Å². The van der Waals surface area contributed by atoms with E-state index < -0.39 is 18.6 Å². The van der Waals surface area contributed by atoms with Gasteiger partial charge in [-0.3, -0.25) is 0 Å². The third kappa shape index (κ3) is 3.58. The molecule has 1 aromatic heterocycles. The van der Waals surface area contributed by atoms with Gasteiger partial charge in [-0.1, -0.05) is 0 Å². The standard InChI is InChI=1S/C8H7BrF3NO2/c9-6-3-5(7(14)15)4-13(6)2-1-8(10,11)12/h3-4H,1-2H2,(H,14,15). The molecule has 1 aromatic rings. The fraction of sp³-hybridized carbons (Fsp3) is 0.375. The van der Waals surface area contributed by atoms with Gasteiger partial charge in [-0.05, 0) is 22.0 Å². The minimum absolute atomic E-state index is 0.0379. The first-order valence-electron chi connectivity index (χ1n) is 3.95. The van der Waals surface area contributed by atoms with Crippen LogP contribution in [0.25, 0.3) is 0 Å². The van der Waals surface area contributed by atoms with Crippen molar-refractivity contribution in [3.05, 3.63) is 22.4 Å². The normalized spacial score (nSPS) is 11.7. The number of nitrogens with zero attached hydrogens (tertiary/aromatic N) is 1. The zero-order valence-corrected chi connectivity index (χ0v) is 8.97. The van der Waals surface area contributed by atoms with E-state index in [1.54, 1.807) is 0 Å². The summed E-state index contributed by atoms with van der Waals surface area (Å²) in [6.07, 6.45) is -4.06. The molecule has 0 aromatic carbocycles. The van der Waals surface area contributed by atoms with Crippen molar-refractivity contribution in [2.45, 2.75) is 19.1 Å². The van der Waals surface area contributed by atoms with E-state index in [9.17, 15) is 18.0 Å². The average Bonchev–Trinajstić information content (AvgIpc) is 2.42. The van der Waals surface area contributed by atoms with E-state index >= 15 is 0 Å². The maximum absolute atomic E-state index is 11.9. The third-order valence-electron chi connectivity index (χ3n) is 1.73. The molecule has 0 aliphatic carbocycles. The quantitative estimate of drug-likeness (QED) is 0.928. The van der Waals surface area contributed by atoms with Crippen LogP contribution in [0.15, 0.2) is 16.9 Å². The average molecular weight is 286 g/mol. The van der Waals surface area contributed by atoms with E-state index in [4.69, 9.17) is 5.11 Å². The Morgan fingerprint density at radius 3 is 2.53 bits per heavy atom. The maximum atomic E-state index is 11.9. The molecule has 1 rings (SSSR count). The SMILES string of the molecule is O=C(O)c1cc(Br)n(CCC(F)(F)F)c1. The second-order valence-electron chi connectivity index (χ2n) is 2.92. The minimum atomic E-state index is -4.24. The molecule has 0 amide bonds. The van der Waals surface area contributed by atoms with Crippen LogP contribution in [0.5, 0.6) is 0 Å². The molecule has 84 valence electrons. The maximum Gasteiger partial charge on any atom is 0.390 e. The molecule has 0 bridgehead atoms. The highest BCUT2D eigenvalue weighted by Crippen LogP contribution is 2.23. The highest BCUT2D eigenvalue weighted by atomic mass is 79.9. The molecule has 7 heteroatoms. The number of aromatic carboxylic acids is 1. The van der Waals surface area contributed by atoms with Crippen LogP contribution < -0.4 is 0 Å². The summed E-state index contributed by atoms with van der Waals surface area (Å²) in [7, 11) is 0. The van der Waals surface area contributed by atoms with Gasteiger partial charge in [0.05, 0.1) is 16.6 Å². The van der Waals surface area contributed by atoms with Crippen molar-refractivity contribution in [2.24, 2.45) is 0 Å². The van der Waals surface area contributed by atoms with Gasteiger partial charge < -0.3 is 9.67 Å². The smallest absolute Gasteiger partial charge is 0.390 e. The Balaban J connectivity index is 2.74. The number of aryl methyl sites for hydroxylation is 1. The third-order valence-corrected chi connectivity index (χ3v) is 2.41. The molecular formula is C8H7BrF3NO2. The molecule has 0 atom stereocenters. The fourth-order valence-corrected chi connectivity index (χ4v) is 1.54. The Labute approximate surface area is 91.6 Å². The van der Waals surface area contributed by atoms with Gasteiger partial charge in [-0.25, -0.2) is 4.79 Å². The van der Waals surface area contributed by atoms with E-state index in [1.807, 2.05) is 0 Å². The Kier molecular flexibility index (Phi) is 3.43. The first kappa shape index (κ1) is 12.1. The molecule has 0 aliphatic rings. The molecule has 0 saturated heterocycles. The molecule has 15 heavy (non-hydrogen) atoms. The van der Waals surface area contributed by atoms with Crippen molar-refractivity contribution in [1.82, 2.24) is 4.57 Å². The summed E-state index contributed by atoms with van der Waals surface area (Å²) in [5.41, 5.74) is -0.0379. The number of aromatic nitrogens is 1. The first-order valence-corrected chi connectivity index (χ1v) is 4.74.